The number of anilines is 1. The number of piperidine rings is 1. The van der Waals surface area contributed by atoms with E-state index in [4.69, 9.17) is 0 Å². The lowest BCUT2D eigenvalue weighted by Crippen LogP contribution is -2.49. The zero-order valence-corrected chi connectivity index (χ0v) is 15.2. The van der Waals surface area contributed by atoms with Crippen molar-refractivity contribution < 1.29 is 9.59 Å². The van der Waals surface area contributed by atoms with E-state index in [9.17, 15) is 9.59 Å². The molecule has 1 saturated carbocycles. The van der Waals surface area contributed by atoms with Crippen molar-refractivity contribution in [3.63, 3.8) is 0 Å². The summed E-state index contributed by atoms with van der Waals surface area (Å²) in [6.07, 6.45) is 4.19. The highest BCUT2D eigenvalue weighted by atomic mass is 35.5. The lowest BCUT2D eigenvalue weighted by molar-refractivity contribution is -0.131. The fourth-order valence-electron chi connectivity index (χ4n) is 2.96. The van der Waals surface area contributed by atoms with Gasteiger partial charge in [0.1, 0.15) is 0 Å². The quantitative estimate of drug-likeness (QED) is 0.722. The molecular formula is C18H27ClN4O2. The summed E-state index contributed by atoms with van der Waals surface area (Å²) in [6.45, 7) is 2.81. The Hall–Kier alpha value is -1.79. The summed E-state index contributed by atoms with van der Waals surface area (Å²) in [5, 5.41) is 9.06. The lowest BCUT2D eigenvalue weighted by Gasteiger charge is -2.32. The Morgan fingerprint density at radius 2 is 1.72 bits per heavy atom. The van der Waals surface area contributed by atoms with Gasteiger partial charge in [0.25, 0.3) is 0 Å². The van der Waals surface area contributed by atoms with Crippen LogP contribution in [-0.4, -0.2) is 49.1 Å². The summed E-state index contributed by atoms with van der Waals surface area (Å²) in [5.74, 6) is 0.957. The van der Waals surface area contributed by atoms with Gasteiger partial charge in [0.05, 0.1) is 6.54 Å². The molecule has 2 aliphatic rings. The molecule has 1 aromatic carbocycles. The van der Waals surface area contributed by atoms with Gasteiger partial charge in [0, 0.05) is 24.8 Å². The van der Waals surface area contributed by atoms with Gasteiger partial charge >= 0.3 is 6.03 Å². The fraction of sp³-hybridized carbons (Fsp3) is 0.556. The summed E-state index contributed by atoms with van der Waals surface area (Å²) in [4.78, 5) is 26.0. The maximum Gasteiger partial charge on any atom is 0.319 e. The Morgan fingerprint density at radius 3 is 2.36 bits per heavy atom. The summed E-state index contributed by atoms with van der Waals surface area (Å²) >= 11 is 0. The molecule has 3 rings (SSSR count). The number of amides is 3. The molecule has 0 spiro atoms. The van der Waals surface area contributed by atoms with E-state index in [0.717, 1.165) is 31.0 Å². The van der Waals surface area contributed by atoms with Gasteiger partial charge in [-0.15, -0.1) is 12.4 Å². The highest BCUT2D eigenvalue weighted by Crippen LogP contribution is 2.27. The van der Waals surface area contributed by atoms with Crippen LogP contribution in [0.1, 0.15) is 25.7 Å². The minimum absolute atomic E-state index is 0. The number of urea groups is 1. The average Bonchev–Trinajstić information content (AvgIpc) is 3.40. The third kappa shape index (κ3) is 6.55. The minimum atomic E-state index is -0.183. The Morgan fingerprint density at radius 1 is 1.04 bits per heavy atom. The number of nitrogens with one attached hydrogen (secondary N) is 3. The standard InChI is InChI=1S/C18H26N4O2.ClH/c23-17(13-19-12-14-6-7-14)22-10-8-16(9-11-22)21-18(24)20-15-4-2-1-3-5-15;/h1-5,14,16,19H,6-13H2,(H2,20,21,24);1H. The Kier molecular flexibility index (Phi) is 7.52. The molecule has 6 nitrogen and oxygen atoms in total. The first-order valence-corrected chi connectivity index (χ1v) is 8.82. The number of nitrogens with zero attached hydrogens (tertiary/aromatic N) is 1. The van der Waals surface area contributed by atoms with Crippen LogP contribution in [0, 0.1) is 5.92 Å². The molecular weight excluding hydrogens is 340 g/mol. The molecule has 1 aliphatic heterocycles. The maximum absolute atomic E-state index is 12.1. The molecule has 0 bridgehead atoms. The number of carbonyl (C=O) groups is 2. The van der Waals surface area contributed by atoms with Crippen LogP contribution in [0.2, 0.25) is 0 Å². The van der Waals surface area contributed by atoms with Crippen molar-refractivity contribution in [2.24, 2.45) is 5.92 Å². The van der Waals surface area contributed by atoms with E-state index in [0.29, 0.717) is 19.6 Å². The Bertz CT molecular complexity index is 557. The summed E-state index contributed by atoms with van der Waals surface area (Å²) in [5.41, 5.74) is 0.782. The SMILES string of the molecule is Cl.O=C(Nc1ccccc1)NC1CCN(C(=O)CNCC2CC2)CC1. The van der Waals surface area contributed by atoms with Gasteiger partial charge < -0.3 is 20.9 Å². The topological polar surface area (TPSA) is 73.5 Å². The van der Waals surface area contributed by atoms with Gasteiger partial charge in [0.15, 0.2) is 0 Å². The fourth-order valence-corrected chi connectivity index (χ4v) is 2.96. The number of rotatable bonds is 6. The van der Waals surface area contributed by atoms with E-state index in [1.165, 1.54) is 12.8 Å². The normalized spacial score (nSPS) is 17.5. The van der Waals surface area contributed by atoms with Crippen LogP contribution in [0.5, 0.6) is 0 Å². The smallest absolute Gasteiger partial charge is 0.319 e. The lowest BCUT2D eigenvalue weighted by atomic mass is 10.1. The third-order valence-electron chi connectivity index (χ3n) is 4.62. The van der Waals surface area contributed by atoms with E-state index in [2.05, 4.69) is 16.0 Å². The van der Waals surface area contributed by atoms with E-state index < -0.39 is 0 Å². The van der Waals surface area contributed by atoms with Gasteiger partial charge in [-0.3, -0.25) is 4.79 Å². The number of benzene rings is 1. The molecule has 1 saturated heterocycles. The highest BCUT2D eigenvalue weighted by molar-refractivity contribution is 5.89. The van der Waals surface area contributed by atoms with Crippen LogP contribution in [-0.2, 0) is 4.79 Å². The zero-order valence-electron chi connectivity index (χ0n) is 14.4. The molecule has 1 heterocycles. The van der Waals surface area contributed by atoms with Crippen LogP contribution in [0.4, 0.5) is 10.5 Å². The molecule has 0 unspecified atom stereocenters. The predicted octanol–water partition coefficient (Wildman–Crippen LogP) is 2.22. The van der Waals surface area contributed by atoms with E-state index in [1.807, 2.05) is 35.2 Å². The molecule has 0 aromatic heterocycles. The number of hydrogen-bond donors (Lipinski definition) is 3. The molecule has 2 fully saturated rings. The molecule has 0 radical (unpaired) electrons. The second-order valence-corrected chi connectivity index (χ2v) is 6.69. The predicted molar refractivity (Wildman–Crippen MR) is 101 cm³/mol. The van der Waals surface area contributed by atoms with E-state index in [1.54, 1.807) is 0 Å². The van der Waals surface area contributed by atoms with Gasteiger partial charge in [-0.05, 0) is 50.3 Å². The molecule has 3 amide bonds. The summed E-state index contributed by atoms with van der Waals surface area (Å²) in [6, 6.07) is 9.34. The van der Waals surface area contributed by atoms with Crippen molar-refractivity contribution >= 4 is 30.0 Å². The van der Waals surface area contributed by atoms with Gasteiger partial charge in [-0.1, -0.05) is 18.2 Å². The van der Waals surface area contributed by atoms with E-state index in [-0.39, 0.29) is 30.4 Å². The molecule has 138 valence electrons. The maximum atomic E-state index is 12.1. The number of halogens is 1. The van der Waals surface area contributed by atoms with Crippen molar-refractivity contribution in [3.05, 3.63) is 30.3 Å². The van der Waals surface area contributed by atoms with Crippen molar-refractivity contribution in [3.8, 4) is 0 Å². The first-order valence-electron chi connectivity index (χ1n) is 8.82. The number of hydrogen-bond acceptors (Lipinski definition) is 3. The van der Waals surface area contributed by atoms with Gasteiger partial charge in [0.2, 0.25) is 5.91 Å². The Balaban J connectivity index is 0.00000225. The first kappa shape index (κ1) is 19.5. The highest BCUT2D eigenvalue weighted by Gasteiger charge is 2.25. The summed E-state index contributed by atoms with van der Waals surface area (Å²) in [7, 11) is 0. The second kappa shape index (κ2) is 9.63. The average molecular weight is 367 g/mol. The van der Waals surface area contributed by atoms with Crippen LogP contribution in [0.3, 0.4) is 0 Å². The molecule has 7 heteroatoms. The third-order valence-corrected chi connectivity index (χ3v) is 4.62. The van der Waals surface area contributed by atoms with Crippen LogP contribution >= 0.6 is 12.4 Å². The molecule has 0 atom stereocenters. The van der Waals surface area contributed by atoms with Gasteiger partial charge in [-0.2, -0.15) is 0 Å². The van der Waals surface area contributed by atoms with Crippen molar-refractivity contribution in [2.75, 3.05) is 31.5 Å². The summed E-state index contributed by atoms with van der Waals surface area (Å²) < 4.78 is 0. The van der Waals surface area contributed by atoms with Crippen molar-refractivity contribution in [2.45, 2.75) is 31.7 Å². The largest absolute Gasteiger partial charge is 0.341 e. The Labute approximate surface area is 155 Å². The second-order valence-electron chi connectivity index (χ2n) is 6.69. The number of likely N-dealkylation sites (tertiary alicyclic amines) is 1. The van der Waals surface area contributed by atoms with Crippen LogP contribution in [0.25, 0.3) is 0 Å². The van der Waals surface area contributed by atoms with Gasteiger partial charge in [-0.25, -0.2) is 4.79 Å². The van der Waals surface area contributed by atoms with Crippen molar-refractivity contribution in [1.29, 1.82) is 0 Å². The molecule has 3 N–H and O–H groups in total. The van der Waals surface area contributed by atoms with Crippen molar-refractivity contribution in [1.82, 2.24) is 15.5 Å². The zero-order chi connectivity index (χ0) is 16.8. The molecule has 25 heavy (non-hydrogen) atoms. The number of para-hydroxylation sites is 1. The first-order chi connectivity index (χ1) is 11.7. The van der Waals surface area contributed by atoms with Crippen LogP contribution < -0.4 is 16.0 Å². The van der Waals surface area contributed by atoms with Crippen LogP contribution in [0.15, 0.2) is 30.3 Å². The monoisotopic (exact) mass is 366 g/mol. The minimum Gasteiger partial charge on any atom is -0.341 e. The molecule has 1 aliphatic carbocycles. The number of carbonyl (C=O) groups excluding carboxylic acids is 2. The molecule has 1 aromatic rings. The van der Waals surface area contributed by atoms with E-state index >= 15 is 0 Å².